The molecule has 0 bridgehead atoms. The molecule has 0 radical (unpaired) electrons. The second kappa shape index (κ2) is 8.46. The summed E-state index contributed by atoms with van der Waals surface area (Å²) in [6.07, 6.45) is 0.913. The van der Waals surface area contributed by atoms with E-state index in [-0.39, 0.29) is 6.04 Å². The molecule has 0 amide bonds. The Morgan fingerprint density at radius 1 is 0.821 bits per heavy atom. The molecule has 3 N–H and O–H groups in total. The molecule has 4 nitrogen and oxygen atoms in total. The molecule has 4 heteroatoms. The van der Waals surface area contributed by atoms with Crippen LogP contribution < -0.4 is 15.2 Å². The number of aliphatic hydroxyl groups is 1. The quantitative estimate of drug-likeness (QED) is 0.679. The van der Waals surface area contributed by atoms with Gasteiger partial charge in [0.1, 0.15) is 13.2 Å². The molecule has 0 saturated carbocycles. The molecular weight excluding hydrogens is 350 g/mol. The Morgan fingerprint density at radius 3 is 1.93 bits per heavy atom. The summed E-state index contributed by atoms with van der Waals surface area (Å²) < 4.78 is 12.2. The first kappa shape index (κ1) is 18.5. The van der Waals surface area contributed by atoms with E-state index in [1.165, 1.54) is 0 Å². The number of nitrogens with two attached hydrogens (primary N) is 1. The third-order valence-corrected chi connectivity index (χ3v) is 5.15. The van der Waals surface area contributed by atoms with Crippen LogP contribution in [0.15, 0.2) is 72.8 Å². The van der Waals surface area contributed by atoms with Gasteiger partial charge in [0.25, 0.3) is 0 Å². The highest BCUT2D eigenvalue weighted by molar-refractivity contribution is 5.49. The van der Waals surface area contributed by atoms with Gasteiger partial charge in [0.2, 0.25) is 0 Å². The lowest BCUT2D eigenvalue weighted by Crippen LogP contribution is -2.33. The Morgan fingerprint density at radius 2 is 1.36 bits per heavy atom. The average Bonchev–Trinajstić information content (AvgIpc) is 2.75. The fourth-order valence-corrected chi connectivity index (χ4v) is 3.52. The van der Waals surface area contributed by atoms with Crippen molar-refractivity contribution in [2.75, 3.05) is 0 Å². The first-order valence-electron chi connectivity index (χ1n) is 9.64. The summed E-state index contributed by atoms with van der Waals surface area (Å²) >= 11 is 0. The molecule has 0 fully saturated rings. The second-order valence-corrected chi connectivity index (χ2v) is 7.19. The van der Waals surface area contributed by atoms with E-state index in [1.807, 2.05) is 72.8 Å². The Balaban J connectivity index is 1.60. The van der Waals surface area contributed by atoms with Crippen LogP contribution in [0.3, 0.4) is 0 Å². The van der Waals surface area contributed by atoms with Crippen LogP contribution in [0.5, 0.6) is 11.5 Å². The first-order valence-corrected chi connectivity index (χ1v) is 9.64. The van der Waals surface area contributed by atoms with Crippen molar-refractivity contribution in [1.29, 1.82) is 0 Å². The van der Waals surface area contributed by atoms with Gasteiger partial charge in [-0.25, -0.2) is 0 Å². The van der Waals surface area contributed by atoms with E-state index in [1.54, 1.807) is 0 Å². The molecule has 0 heterocycles. The van der Waals surface area contributed by atoms with Crippen molar-refractivity contribution in [3.63, 3.8) is 0 Å². The predicted molar refractivity (Wildman–Crippen MR) is 109 cm³/mol. The van der Waals surface area contributed by atoms with Gasteiger partial charge in [0.05, 0.1) is 6.10 Å². The maximum absolute atomic E-state index is 10.5. The molecule has 3 aromatic carbocycles. The normalized spacial score (nSPS) is 18.4. The van der Waals surface area contributed by atoms with Gasteiger partial charge in [0, 0.05) is 6.04 Å². The molecule has 4 rings (SSSR count). The van der Waals surface area contributed by atoms with E-state index in [0.29, 0.717) is 24.7 Å². The Bertz CT molecular complexity index is 912. The van der Waals surface area contributed by atoms with E-state index < -0.39 is 6.10 Å². The van der Waals surface area contributed by atoms with Crippen LogP contribution in [0.2, 0.25) is 0 Å². The van der Waals surface area contributed by atoms with Crippen LogP contribution in [-0.2, 0) is 19.6 Å². The van der Waals surface area contributed by atoms with Gasteiger partial charge < -0.3 is 20.3 Å². The van der Waals surface area contributed by atoms with E-state index in [2.05, 4.69) is 0 Å². The van der Waals surface area contributed by atoms with Gasteiger partial charge in [-0.1, -0.05) is 60.7 Å². The molecular formula is C24H25NO3. The lowest BCUT2D eigenvalue weighted by Gasteiger charge is -2.28. The molecule has 28 heavy (non-hydrogen) atoms. The molecule has 1 aliphatic rings. The first-order chi connectivity index (χ1) is 13.7. The molecule has 1 aliphatic carbocycles. The summed E-state index contributed by atoms with van der Waals surface area (Å²) in [5.74, 6) is 1.33. The largest absolute Gasteiger partial charge is 0.485 e. The highest BCUT2D eigenvalue weighted by Crippen LogP contribution is 2.38. The Hall–Kier alpha value is -2.82. The smallest absolute Gasteiger partial charge is 0.162 e. The third kappa shape index (κ3) is 4.19. The number of benzene rings is 3. The highest BCUT2D eigenvalue weighted by Gasteiger charge is 2.27. The van der Waals surface area contributed by atoms with Crippen molar-refractivity contribution in [2.45, 2.75) is 38.2 Å². The summed E-state index contributed by atoms with van der Waals surface area (Å²) in [5.41, 5.74) is 10.1. The zero-order valence-electron chi connectivity index (χ0n) is 15.8. The van der Waals surface area contributed by atoms with Crippen molar-refractivity contribution < 1.29 is 14.6 Å². The van der Waals surface area contributed by atoms with Crippen molar-refractivity contribution in [1.82, 2.24) is 0 Å². The molecule has 3 aromatic rings. The topological polar surface area (TPSA) is 64.7 Å². The Labute approximate surface area is 165 Å². The van der Waals surface area contributed by atoms with Gasteiger partial charge in [-0.2, -0.15) is 0 Å². The molecule has 0 saturated heterocycles. The average molecular weight is 375 g/mol. The molecule has 0 aliphatic heterocycles. The maximum atomic E-state index is 10.5. The lowest BCUT2D eigenvalue weighted by atomic mass is 9.86. The summed E-state index contributed by atoms with van der Waals surface area (Å²) in [6.45, 7) is 0.896. The fraction of sp³-hybridized carbons (Fsp3) is 0.250. The van der Waals surface area contributed by atoms with Gasteiger partial charge in [0.15, 0.2) is 11.5 Å². The summed E-state index contributed by atoms with van der Waals surface area (Å²) in [5, 5.41) is 10.5. The summed E-state index contributed by atoms with van der Waals surface area (Å²) in [4.78, 5) is 0. The summed E-state index contributed by atoms with van der Waals surface area (Å²) in [7, 11) is 0. The molecule has 2 unspecified atom stereocenters. The minimum Gasteiger partial charge on any atom is -0.485 e. The van der Waals surface area contributed by atoms with Gasteiger partial charge >= 0.3 is 0 Å². The molecule has 0 spiro atoms. The van der Waals surface area contributed by atoms with E-state index >= 15 is 0 Å². The maximum Gasteiger partial charge on any atom is 0.162 e. The standard InChI is InChI=1S/C24H25NO3/c25-21-12-11-19-13-22(27-15-17-7-3-1-4-8-17)23(14-20(19)24(21)26)28-16-18-9-5-2-6-10-18/h1-10,13-14,21,24,26H,11-12,15-16,25H2. The van der Waals surface area contributed by atoms with Gasteiger partial charge in [-0.05, 0) is 47.2 Å². The number of rotatable bonds is 6. The van der Waals surface area contributed by atoms with Crippen LogP contribution >= 0.6 is 0 Å². The zero-order chi connectivity index (χ0) is 19.3. The fourth-order valence-electron chi connectivity index (χ4n) is 3.52. The van der Waals surface area contributed by atoms with Crippen LogP contribution in [-0.4, -0.2) is 11.1 Å². The van der Waals surface area contributed by atoms with Crippen LogP contribution in [0, 0.1) is 0 Å². The minimum atomic E-state index is -0.675. The highest BCUT2D eigenvalue weighted by atomic mass is 16.5. The van der Waals surface area contributed by atoms with Crippen molar-refractivity contribution in [2.24, 2.45) is 5.73 Å². The number of fused-ring (bicyclic) bond motifs is 1. The SMILES string of the molecule is NC1CCc2cc(OCc3ccccc3)c(OCc3ccccc3)cc2C1O. The van der Waals surface area contributed by atoms with Crippen molar-refractivity contribution >= 4 is 0 Å². The number of aryl methyl sites for hydroxylation is 1. The number of hydrogen-bond acceptors (Lipinski definition) is 4. The number of hydrogen-bond donors (Lipinski definition) is 2. The minimum absolute atomic E-state index is 0.245. The number of aliphatic hydroxyl groups excluding tert-OH is 1. The van der Waals surface area contributed by atoms with Gasteiger partial charge in [-0.3, -0.25) is 0 Å². The molecule has 0 aromatic heterocycles. The van der Waals surface area contributed by atoms with Crippen molar-refractivity contribution in [3.05, 3.63) is 95.1 Å². The van der Waals surface area contributed by atoms with E-state index in [9.17, 15) is 5.11 Å². The molecule has 144 valence electrons. The second-order valence-electron chi connectivity index (χ2n) is 7.19. The monoisotopic (exact) mass is 375 g/mol. The zero-order valence-corrected chi connectivity index (χ0v) is 15.8. The molecule has 2 atom stereocenters. The Kier molecular flexibility index (Phi) is 5.60. The van der Waals surface area contributed by atoms with Crippen LogP contribution in [0.4, 0.5) is 0 Å². The van der Waals surface area contributed by atoms with Crippen molar-refractivity contribution in [3.8, 4) is 11.5 Å². The van der Waals surface area contributed by atoms with Crippen LogP contribution in [0.25, 0.3) is 0 Å². The van der Waals surface area contributed by atoms with Crippen LogP contribution in [0.1, 0.15) is 34.8 Å². The number of ether oxygens (including phenoxy) is 2. The van der Waals surface area contributed by atoms with Gasteiger partial charge in [-0.15, -0.1) is 0 Å². The predicted octanol–water partition coefficient (Wildman–Crippen LogP) is 4.15. The third-order valence-electron chi connectivity index (χ3n) is 5.15. The van der Waals surface area contributed by atoms with E-state index in [4.69, 9.17) is 15.2 Å². The summed E-state index contributed by atoms with van der Waals surface area (Å²) in [6, 6.07) is 23.7. The van der Waals surface area contributed by atoms with E-state index in [0.717, 1.165) is 35.1 Å². The lowest BCUT2D eigenvalue weighted by molar-refractivity contribution is 0.133.